The first-order valence-corrected chi connectivity index (χ1v) is 11.7. The van der Waals surface area contributed by atoms with Gasteiger partial charge in [-0.1, -0.05) is 44.9 Å². The van der Waals surface area contributed by atoms with Crippen molar-refractivity contribution in [2.45, 2.75) is 52.0 Å². The number of para-hydroxylation sites is 1. The number of nitrogens with zero attached hydrogens (tertiary/aromatic N) is 3. The predicted octanol–water partition coefficient (Wildman–Crippen LogP) is 2.27. The van der Waals surface area contributed by atoms with E-state index < -0.39 is 6.04 Å². The molecular formula is C24H36N4O3. The molecule has 2 fully saturated rings. The first-order chi connectivity index (χ1) is 15.0. The molecule has 0 radical (unpaired) electrons. The molecule has 0 bridgehead atoms. The van der Waals surface area contributed by atoms with Crippen LogP contribution in [-0.4, -0.2) is 72.8 Å². The van der Waals surface area contributed by atoms with E-state index in [-0.39, 0.29) is 30.1 Å². The van der Waals surface area contributed by atoms with Gasteiger partial charge < -0.3 is 20.0 Å². The molecule has 170 valence electrons. The van der Waals surface area contributed by atoms with Crippen molar-refractivity contribution in [2.75, 3.05) is 44.2 Å². The van der Waals surface area contributed by atoms with E-state index in [1.807, 2.05) is 30.0 Å². The summed E-state index contributed by atoms with van der Waals surface area (Å²) in [5, 5.41) is 2.84. The Morgan fingerprint density at radius 2 is 1.77 bits per heavy atom. The Kier molecular flexibility index (Phi) is 8.32. The van der Waals surface area contributed by atoms with Crippen molar-refractivity contribution in [3.05, 3.63) is 30.3 Å². The average Bonchev–Trinajstić information content (AvgIpc) is 2.81. The highest BCUT2D eigenvalue weighted by Gasteiger charge is 2.38. The maximum Gasteiger partial charge on any atom is 0.243 e. The van der Waals surface area contributed by atoms with Crippen molar-refractivity contribution in [3.63, 3.8) is 0 Å². The SMILES string of the molecule is CCCC[C@H](CC)C(=O)N1CCNC(=O)[C@H]1CC(=O)N1CCN(c2ccccc2)CC1. The summed E-state index contributed by atoms with van der Waals surface area (Å²) in [6.45, 7) is 7.86. The number of carbonyl (C=O) groups is 3. The number of amides is 3. The van der Waals surface area contributed by atoms with Gasteiger partial charge in [-0.25, -0.2) is 0 Å². The molecule has 0 unspecified atom stereocenters. The van der Waals surface area contributed by atoms with Gasteiger partial charge in [0.2, 0.25) is 17.7 Å². The lowest BCUT2D eigenvalue weighted by molar-refractivity contribution is -0.149. The highest BCUT2D eigenvalue weighted by atomic mass is 16.2. The Hall–Kier alpha value is -2.57. The third-order valence-corrected chi connectivity index (χ3v) is 6.48. The fourth-order valence-electron chi connectivity index (χ4n) is 4.52. The maximum absolute atomic E-state index is 13.2. The minimum atomic E-state index is -0.698. The molecule has 3 rings (SSSR count). The first-order valence-electron chi connectivity index (χ1n) is 11.7. The number of carbonyl (C=O) groups excluding carboxylic acids is 3. The van der Waals surface area contributed by atoms with E-state index in [0.717, 1.165) is 44.5 Å². The van der Waals surface area contributed by atoms with Gasteiger partial charge in [0.25, 0.3) is 0 Å². The van der Waals surface area contributed by atoms with Crippen molar-refractivity contribution >= 4 is 23.4 Å². The van der Waals surface area contributed by atoms with E-state index in [1.54, 1.807) is 4.90 Å². The number of piperazine rings is 2. The van der Waals surface area contributed by atoms with Gasteiger partial charge in [-0.15, -0.1) is 0 Å². The molecule has 1 aromatic rings. The third kappa shape index (κ3) is 5.77. The maximum atomic E-state index is 13.2. The summed E-state index contributed by atoms with van der Waals surface area (Å²) < 4.78 is 0. The van der Waals surface area contributed by atoms with Crippen LogP contribution in [0.1, 0.15) is 46.0 Å². The number of rotatable bonds is 8. The second-order valence-electron chi connectivity index (χ2n) is 8.49. The van der Waals surface area contributed by atoms with Crippen molar-refractivity contribution in [1.82, 2.24) is 15.1 Å². The highest BCUT2D eigenvalue weighted by Crippen LogP contribution is 2.21. The topological polar surface area (TPSA) is 73.0 Å². The highest BCUT2D eigenvalue weighted by molar-refractivity contribution is 5.93. The van der Waals surface area contributed by atoms with Crippen LogP contribution in [0.25, 0.3) is 0 Å². The number of anilines is 1. The van der Waals surface area contributed by atoms with Gasteiger partial charge in [0.1, 0.15) is 6.04 Å². The summed E-state index contributed by atoms with van der Waals surface area (Å²) in [6, 6.07) is 9.49. The van der Waals surface area contributed by atoms with Crippen LogP contribution in [0.3, 0.4) is 0 Å². The van der Waals surface area contributed by atoms with Crippen LogP contribution in [0.5, 0.6) is 0 Å². The van der Waals surface area contributed by atoms with Crippen LogP contribution in [0.15, 0.2) is 30.3 Å². The van der Waals surface area contributed by atoms with Crippen LogP contribution < -0.4 is 10.2 Å². The number of unbranched alkanes of at least 4 members (excludes halogenated alkanes) is 1. The molecule has 1 aromatic carbocycles. The van der Waals surface area contributed by atoms with Gasteiger partial charge in [-0.2, -0.15) is 0 Å². The lowest BCUT2D eigenvalue weighted by Gasteiger charge is -2.39. The molecule has 2 aliphatic heterocycles. The second kappa shape index (κ2) is 11.2. The Bertz CT molecular complexity index is 746. The average molecular weight is 429 g/mol. The number of hydrogen-bond acceptors (Lipinski definition) is 4. The molecule has 0 spiro atoms. The second-order valence-corrected chi connectivity index (χ2v) is 8.49. The number of nitrogens with one attached hydrogen (secondary N) is 1. The molecule has 31 heavy (non-hydrogen) atoms. The molecule has 0 saturated carbocycles. The Labute approximate surface area is 185 Å². The van der Waals surface area contributed by atoms with E-state index in [1.165, 1.54) is 0 Å². The van der Waals surface area contributed by atoms with Gasteiger partial charge >= 0.3 is 0 Å². The lowest BCUT2D eigenvalue weighted by Crippen LogP contribution is -2.60. The Morgan fingerprint density at radius 1 is 1.06 bits per heavy atom. The monoisotopic (exact) mass is 428 g/mol. The van der Waals surface area contributed by atoms with Crippen LogP contribution in [0, 0.1) is 5.92 Å². The minimum absolute atomic E-state index is 0.0255. The molecule has 0 aliphatic carbocycles. The molecule has 2 heterocycles. The Morgan fingerprint density at radius 3 is 2.42 bits per heavy atom. The van der Waals surface area contributed by atoms with Crippen LogP contribution in [0.4, 0.5) is 5.69 Å². The van der Waals surface area contributed by atoms with Crippen molar-refractivity contribution in [2.24, 2.45) is 5.92 Å². The molecular weight excluding hydrogens is 392 g/mol. The van der Waals surface area contributed by atoms with Crippen molar-refractivity contribution < 1.29 is 14.4 Å². The molecule has 0 aromatic heterocycles. The fraction of sp³-hybridized carbons (Fsp3) is 0.625. The van der Waals surface area contributed by atoms with Crippen LogP contribution in [0.2, 0.25) is 0 Å². The minimum Gasteiger partial charge on any atom is -0.368 e. The smallest absolute Gasteiger partial charge is 0.243 e. The van der Waals surface area contributed by atoms with Crippen molar-refractivity contribution in [1.29, 1.82) is 0 Å². The standard InChI is InChI=1S/C24H36N4O3/c1-3-5-9-19(4-2)24(31)28-13-12-25-23(30)21(28)18-22(29)27-16-14-26(15-17-27)20-10-7-6-8-11-20/h6-8,10-11,19,21H,3-5,9,12-18H2,1-2H3,(H,25,30)/t19-,21+/m0/s1. The molecule has 7 nitrogen and oxygen atoms in total. The summed E-state index contributed by atoms with van der Waals surface area (Å²) in [5.74, 6) is -0.300. The molecule has 2 atom stereocenters. The zero-order valence-corrected chi connectivity index (χ0v) is 18.9. The van der Waals surface area contributed by atoms with E-state index in [9.17, 15) is 14.4 Å². The number of benzene rings is 1. The van der Waals surface area contributed by atoms with E-state index in [4.69, 9.17) is 0 Å². The summed E-state index contributed by atoms with van der Waals surface area (Å²) in [5.41, 5.74) is 1.16. The lowest BCUT2D eigenvalue weighted by atomic mass is 9.95. The van der Waals surface area contributed by atoms with Crippen LogP contribution >= 0.6 is 0 Å². The number of hydrogen-bond donors (Lipinski definition) is 1. The summed E-state index contributed by atoms with van der Waals surface area (Å²) in [4.78, 5) is 44.6. The van der Waals surface area contributed by atoms with Gasteiger partial charge in [-0.05, 0) is 25.0 Å². The summed E-state index contributed by atoms with van der Waals surface area (Å²) in [6.07, 6.45) is 3.71. The van der Waals surface area contributed by atoms with E-state index in [2.05, 4.69) is 29.3 Å². The zero-order valence-electron chi connectivity index (χ0n) is 18.9. The quantitative estimate of drug-likeness (QED) is 0.689. The predicted molar refractivity (Wildman–Crippen MR) is 122 cm³/mol. The van der Waals surface area contributed by atoms with Crippen molar-refractivity contribution in [3.8, 4) is 0 Å². The largest absolute Gasteiger partial charge is 0.368 e. The molecule has 2 aliphatic rings. The van der Waals surface area contributed by atoms with Gasteiger partial charge in [0.15, 0.2) is 0 Å². The fourth-order valence-corrected chi connectivity index (χ4v) is 4.52. The van der Waals surface area contributed by atoms with E-state index >= 15 is 0 Å². The third-order valence-electron chi connectivity index (χ3n) is 6.48. The van der Waals surface area contributed by atoms with E-state index in [0.29, 0.717) is 26.2 Å². The van der Waals surface area contributed by atoms with Gasteiger partial charge in [-0.3, -0.25) is 14.4 Å². The molecule has 2 saturated heterocycles. The van der Waals surface area contributed by atoms with Gasteiger partial charge in [0.05, 0.1) is 6.42 Å². The molecule has 3 amide bonds. The molecule has 1 N–H and O–H groups in total. The first kappa shape index (κ1) is 23.1. The van der Waals surface area contributed by atoms with Crippen LogP contribution in [-0.2, 0) is 14.4 Å². The normalized spacial score (nSPS) is 20.4. The summed E-state index contributed by atoms with van der Waals surface area (Å²) in [7, 11) is 0. The zero-order chi connectivity index (χ0) is 22.2. The Balaban J connectivity index is 1.60. The molecule has 7 heteroatoms. The van der Waals surface area contributed by atoms with Gasteiger partial charge in [0, 0.05) is 50.9 Å². The summed E-state index contributed by atoms with van der Waals surface area (Å²) >= 11 is 0.